The number of aromatic amines is 1. The number of likely N-dealkylation sites (tertiary alicyclic amines) is 1. The molecule has 2 atom stereocenters. The number of rotatable bonds is 2. The Morgan fingerprint density at radius 2 is 2.38 bits per heavy atom. The molecule has 4 rings (SSSR count). The Morgan fingerprint density at radius 1 is 1.50 bits per heavy atom. The van der Waals surface area contributed by atoms with Gasteiger partial charge in [-0.3, -0.25) is 4.79 Å². The van der Waals surface area contributed by atoms with Crippen LogP contribution in [-0.4, -0.2) is 51.9 Å². The highest BCUT2D eigenvalue weighted by atomic mass is 16.2. The molecule has 124 valence electrons. The minimum Gasteiger partial charge on any atom is -0.355 e. The summed E-state index contributed by atoms with van der Waals surface area (Å²) in [6, 6.07) is 3.98. The van der Waals surface area contributed by atoms with Crippen molar-refractivity contribution in [2.24, 2.45) is 11.3 Å². The average Bonchev–Trinajstić information content (AvgIpc) is 3.17. The highest BCUT2D eigenvalue weighted by molar-refractivity contribution is 5.87. The van der Waals surface area contributed by atoms with E-state index in [1.54, 1.807) is 6.33 Å². The second-order valence-electron chi connectivity index (χ2n) is 7.11. The van der Waals surface area contributed by atoms with Gasteiger partial charge in [-0.15, -0.1) is 0 Å². The number of piperidine rings is 1. The predicted molar refractivity (Wildman–Crippen MR) is 89.1 cm³/mol. The summed E-state index contributed by atoms with van der Waals surface area (Å²) in [6.45, 7) is 5.53. The van der Waals surface area contributed by atoms with Gasteiger partial charge < -0.3 is 14.8 Å². The molecule has 7 nitrogen and oxygen atoms in total. The Balaban J connectivity index is 1.58. The Bertz CT molecular complexity index is 824. The number of carbonyl (C=O) groups is 1. The van der Waals surface area contributed by atoms with Gasteiger partial charge in [-0.2, -0.15) is 5.26 Å². The summed E-state index contributed by atoms with van der Waals surface area (Å²) in [5, 5.41) is 9.80. The molecular weight excluding hydrogens is 304 g/mol. The molecule has 0 radical (unpaired) electrons. The smallest absolute Gasteiger partial charge is 0.236 e. The maximum absolute atomic E-state index is 12.1. The molecule has 1 N–H and O–H groups in total. The van der Waals surface area contributed by atoms with Gasteiger partial charge in [-0.1, -0.05) is 6.92 Å². The molecule has 0 saturated carbocycles. The normalized spacial score (nSPS) is 26.4. The van der Waals surface area contributed by atoms with E-state index < -0.39 is 0 Å². The van der Waals surface area contributed by atoms with Crippen molar-refractivity contribution in [3.8, 4) is 6.07 Å². The summed E-state index contributed by atoms with van der Waals surface area (Å²) in [4.78, 5) is 28.2. The van der Waals surface area contributed by atoms with Crippen molar-refractivity contribution in [2.45, 2.75) is 19.8 Å². The van der Waals surface area contributed by atoms with Crippen molar-refractivity contribution in [1.29, 1.82) is 5.26 Å². The fourth-order valence-corrected chi connectivity index (χ4v) is 4.22. The Morgan fingerprint density at radius 3 is 3.21 bits per heavy atom. The van der Waals surface area contributed by atoms with Crippen LogP contribution in [0.4, 0.5) is 5.82 Å². The van der Waals surface area contributed by atoms with Crippen LogP contribution in [0.15, 0.2) is 18.6 Å². The molecule has 0 spiro atoms. The molecule has 2 saturated heterocycles. The first kappa shape index (κ1) is 14.9. The molecule has 0 aromatic carbocycles. The maximum atomic E-state index is 12.1. The third-order valence-electron chi connectivity index (χ3n) is 5.49. The molecule has 2 aromatic rings. The SMILES string of the molecule is C[C@]12CN(C(=O)CC#N)C[C@H]1CCN(c1ncnc3[nH]ccc13)C2. The first-order chi connectivity index (χ1) is 11.6. The summed E-state index contributed by atoms with van der Waals surface area (Å²) in [5.41, 5.74) is 0.890. The molecule has 0 bridgehead atoms. The number of aromatic nitrogens is 3. The quantitative estimate of drug-likeness (QED) is 0.905. The third kappa shape index (κ3) is 2.30. The van der Waals surface area contributed by atoms with Crippen LogP contribution in [0.25, 0.3) is 11.0 Å². The molecule has 0 aliphatic carbocycles. The Hall–Kier alpha value is -2.62. The van der Waals surface area contributed by atoms with E-state index in [9.17, 15) is 4.79 Å². The second-order valence-corrected chi connectivity index (χ2v) is 7.11. The van der Waals surface area contributed by atoms with Crippen LogP contribution in [0.1, 0.15) is 19.8 Å². The van der Waals surface area contributed by atoms with Gasteiger partial charge in [-0.05, 0) is 18.4 Å². The van der Waals surface area contributed by atoms with Crippen molar-refractivity contribution in [3.63, 3.8) is 0 Å². The fourth-order valence-electron chi connectivity index (χ4n) is 4.22. The number of carbonyl (C=O) groups excluding carboxylic acids is 1. The number of amides is 1. The minimum absolute atomic E-state index is 0.0254. The van der Waals surface area contributed by atoms with Crippen molar-refractivity contribution in [2.75, 3.05) is 31.1 Å². The van der Waals surface area contributed by atoms with Gasteiger partial charge in [0.2, 0.25) is 5.91 Å². The van der Waals surface area contributed by atoms with Gasteiger partial charge in [0.25, 0.3) is 0 Å². The number of hydrogen-bond acceptors (Lipinski definition) is 5. The predicted octanol–water partition coefficient (Wildman–Crippen LogP) is 1.55. The fraction of sp³-hybridized carbons (Fsp3) is 0.529. The number of H-pyrrole nitrogens is 1. The lowest BCUT2D eigenvalue weighted by atomic mass is 9.75. The van der Waals surface area contributed by atoms with E-state index in [2.05, 4.69) is 26.8 Å². The van der Waals surface area contributed by atoms with Gasteiger partial charge in [-0.25, -0.2) is 9.97 Å². The maximum Gasteiger partial charge on any atom is 0.236 e. The lowest BCUT2D eigenvalue weighted by molar-refractivity contribution is -0.129. The number of hydrogen-bond donors (Lipinski definition) is 1. The van der Waals surface area contributed by atoms with E-state index >= 15 is 0 Å². The lowest BCUT2D eigenvalue weighted by Gasteiger charge is -2.42. The topological polar surface area (TPSA) is 88.9 Å². The first-order valence-electron chi connectivity index (χ1n) is 8.28. The van der Waals surface area contributed by atoms with Crippen molar-refractivity contribution in [3.05, 3.63) is 18.6 Å². The molecule has 2 aliphatic heterocycles. The van der Waals surface area contributed by atoms with E-state index in [1.165, 1.54) is 0 Å². The van der Waals surface area contributed by atoms with Crippen LogP contribution >= 0.6 is 0 Å². The minimum atomic E-state index is -0.0465. The van der Waals surface area contributed by atoms with Crippen LogP contribution in [0.2, 0.25) is 0 Å². The van der Waals surface area contributed by atoms with Gasteiger partial charge in [0.05, 0.1) is 11.5 Å². The molecule has 2 aliphatic rings. The highest BCUT2D eigenvalue weighted by Crippen LogP contribution is 2.43. The summed E-state index contributed by atoms with van der Waals surface area (Å²) in [5.74, 6) is 1.40. The number of nitriles is 1. The number of fused-ring (bicyclic) bond motifs is 2. The molecule has 2 aromatic heterocycles. The Labute approximate surface area is 140 Å². The molecule has 4 heterocycles. The molecule has 2 fully saturated rings. The van der Waals surface area contributed by atoms with E-state index in [0.717, 1.165) is 49.5 Å². The van der Waals surface area contributed by atoms with E-state index in [0.29, 0.717) is 5.92 Å². The van der Waals surface area contributed by atoms with Gasteiger partial charge >= 0.3 is 0 Å². The van der Waals surface area contributed by atoms with Crippen molar-refractivity contribution < 1.29 is 4.79 Å². The second kappa shape index (κ2) is 5.48. The van der Waals surface area contributed by atoms with Gasteiger partial charge in [0.15, 0.2) is 0 Å². The van der Waals surface area contributed by atoms with E-state index in [1.807, 2.05) is 23.2 Å². The van der Waals surface area contributed by atoms with Crippen molar-refractivity contribution in [1.82, 2.24) is 19.9 Å². The monoisotopic (exact) mass is 324 g/mol. The van der Waals surface area contributed by atoms with Crippen LogP contribution in [0, 0.1) is 22.7 Å². The largest absolute Gasteiger partial charge is 0.355 e. The van der Waals surface area contributed by atoms with Gasteiger partial charge in [0.1, 0.15) is 24.2 Å². The average molecular weight is 324 g/mol. The number of nitrogens with zero attached hydrogens (tertiary/aromatic N) is 5. The molecule has 7 heteroatoms. The van der Waals surface area contributed by atoms with Crippen LogP contribution < -0.4 is 4.90 Å². The van der Waals surface area contributed by atoms with E-state index in [4.69, 9.17) is 5.26 Å². The molecular formula is C17H20N6O. The summed E-state index contributed by atoms with van der Waals surface area (Å²) in [7, 11) is 0. The van der Waals surface area contributed by atoms with Crippen LogP contribution in [0.5, 0.6) is 0 Å². The Kier molecular flexibility index (Phi) is 3.41. The lowest BCUT2D eigenvalue weighted by Crippen LogP contribution is -2.47. The first-order valence-corrected chi connectivity index (χ1v) is 8.28. The number of nitrogens with one attached hydrogen (secondary N) is 1. The number of anilines is 1. The van der Waals surface area contributed by atoms with Crippen molar-refractivity contribution >= 4 is 22.8 Å². The molecule has 0 unspecified atom stereocenters. The standard InChI is InChI=1S/C17H20N6O/c1-17-9-22(16-13-3-6-19-15(13)20-11-21-16)7-4-12(17)8-23(10-17)14(24)2-5-18/h3,6,11-12H,2,4,7-10H2,1H3,(H,19,20,21)/t12-,17+/m1/s1. The van der Waals surface area contributed by atoms with Crippen LogP contribution in [0.3, 0.4) is 0 Å². The van der Waals surface area contributed by atoms with E-state index in [-0.39, 0.29) is 17.7 Å². The molecule has 24 heavy (non-hydrogen) atoms. The highest BCUT2D eigenvalue weighted by Gasteiger charge is 2.47. The summed E-state index contributed by atoms with van der Waals surface area (Å²) in [6.07, 6.45) is 4.49. The third-order valence-corrected chi connectivity index (χ3v) is 5.49. The summed E-state index contributed by atoms with van der Waals surface area (Å²) < 4.78 is 0. The zero-order valence-corrected chi connectivity index (χ0v) is 13.7. The van der Waals surface area contributed by atoms with Gasteiger partial charge in [0, 0.05) is 37.8 Å². The zero-order valence-electron chi connectivity index (χ0n) is 13.7. The molecule has 1 amide bonds. The summed E-state index contributed by atoms with van der Waals surface area (Å²) >= 11 is 0. The van der Waals surface area contributed by atoms with Crippen LogP contribution in [-0.2, 0) is 4.79 Å². The zero-order chi connectivity index (χ0) is 16.7.